The van der Waals surface area contributed by atoms with Crippen molar-refractivity contribution in [2.24, 2.45) is 5.92 Å². The average molecular weight is 290 g/mol. The molecule has 0 radical (unpaired) electrons. The Kier molecular flexibility index (Phi) is 5.83. The molecule has 19 heavy (non-hydrogen) atoms. The van der Waals surface area contributed by atoms with Gasteiger partial charge < -0.3 is 5.32 Å². The van der Waals surface area contributed by atoms with Crippen molar-refractivity contribution in [3.05, 3.63) is 0 Å². The number of piperazine rings is 1. The fourth-order valence-electron chi connectivity index (χ4n) is 2.68. The molecule has 1 rings (SSSR count). The highest BCUT2D eigenvalue weighted by molar-refractivity contribution is 7.90. The van der Waals surface area contributed by atoms with Gasteiger partial charge in [0.2, 0.25) is 0 Å². The van der Waals surface area contributed by atoms with Crippen molar-refractivity contribution in [2.75, 3.05) is 31.6 Å². The van der Waals surface area contributed by atoms with Gasteiger partial charge in [-0.3, -0.25) is 4.90 Å². The molecule has 0 bridgehead atoms. The molecule has 2 atom stereocenters. The molecule has 4 nitrogen and oxygen atoms in total. The van der Waals surface area contributed by atoms with Crippen LogP contribution in [0.2, 0.25) is 0 Å². The Morgan fingerprint density at radius 3 is 2.53 bits per heavy atom. The molecule has 0 aromatic carbocycles. The Balaban J connectivity index is 2.70. The SMILES string of the molecule is CCC1(C)CN(CCS(C)(=O)=O)C(CC(C)C)CN1. The lowest BCUT2D eigenvalue weighted by atomic mass is 9.91. The van der Waals surface area contributed by atoms with Crippen molar-refractivity contribution in [3.63, 3.8) is 0 Å². The average Bonchev–Trinajstić information content (AvgIpc) is 2.28. The Morgan fingerprint density at radius 2 is 2.05 bits per heavy atom. The van der Waals surface area contributed by atoms with Crippen LogP contribution < -0.4 is 5.32 Å². The second kappa shape index (κ2) is 6.55. The molecule has 0 aromatic rings. The normalized spacial score (nSPS) is 29.9. The number of nitrogens with zero attached hydrogens (tertiary/aromatic N) is 1. The molecule has 1 fully saturated rings. The maximum Gasteiger partial charge on any atom is 0.148 e. The van der Waals surface area contributed by atoms with Crippen molar-refractivity contribution in [1.29, 1.82) is 0 Å². The van der Waals surface area contributed by atoms with E-state index in [2.05, 4.69) is 37.9 Å². The van der Waals surface area contributed by atoms with Gasteiger partial charge in [0, 0.05) is 37.5 Å². The van der Waals surface area contributed by atoms with Gasteiger partial charge in [-0.05, 0) is 25.7 Å². The quantitative estimate of drug-likeness (QED) is 0.806. The number of hydrogen-bond donors (Lipinski definition) is 1. The molecular weight excluding hydrogens is 260 g/mol. The lowest BCUT2D eigenvalue weighted by molar-refractivity contribution is 0.0785. The van der Waals surface area contributed by atoms with Crippen LogP contribution in [-0.4, -0.2) is 56.5 Å². The topological polar surface area (TPSA) is 49.4 Å². The summed E-state index contributed by atoms with van der Waals surface area (Å²) in [6.45, 7) is 11.4. The third kappa shape index (κ3) is 5.79. The largest absolute Gasteiger partial charge is 0.309 e. The molecular formula is C14H30N2O2S. The molecule has 1 saturated heterocycles. The van der Waals surface area contributed by atoms with E-state index in [1.807, 2.05) is 0 Å². The van der Waals surface area contributed by atoms with Gasteiger partial charge in [-0.2, -0.15) is 0 Å². The number of nitrogens with one attached hydrogen (secondary N) is 1. The monoisotopic (exact) mass is 290 g/mol. The van der Waals surface area contributed by atoms with Crippen LogP contribution in [0, 0.1) is 5.92 Å². The Labute approximate surface area is 118 Å². The van der Waals surface area contributed by atoms with Gasteiger partial charge in [0.25, 0.3) is 0 Å². The summed E-state index contributed by atoms with van der Waals surface area (Å²) in [4.78, 5) is 2.38. The minimum absolute atomic E-state index is 0.116. The predicted octanol–water partition coefficient (Wildman–Crippen LogP) is 1.52. The Hall–Kier alpha value is -0.130. The third-order valence-corrected chi connectivity index (χ3v) is 5.03. The van der Waals surface area contributed by atoms with Crippen LogP contribution in [0.15, 0.2) is 0 Å². The molecule has 2 unspecified atom stereocenters. The van der Waals surface area contributed by atoms with Crippen LogP contribution in [-0.2, 0) is 9.84 Å². The van der Waals surface area contributed by atoms with Crippen LogP contribution >= 0.6 is 0 Å². The predicted molar refractivity (Wildman–Crippen MR) is 81.2 cm³/mol. The van der Waals surface area contributed by atoms with E-state index < -0.39 is 9.84 Å². The molecule has 0 saturated carbocycles. The van der Waals surface area contributed by atoms with Gasteiger partial charge in [0.1, 0.15) is 9.84 Å². The van der Waals surface area contributed by atoms with Crippen LogP contribution in [0.1, 0.15) is 40.5 Å². The summed E-state index contributed by atoms with van der Waals surface area (Å²) < 4.78 is 22.8. The van der Waals surface area contributed by atoms with E-state index in [9.17, 15) is 8.42 Å². The minimum Gasteiger partial charge on any atom is -0.309 e. The first-order valence-electron chi connectivity index (χ1n) is 7.32. The smallest absolute Gasteiger partial charge is 0.148 e. The molecule has 5 heteroatoms. The van der Waals surface area contributed by atoms with Crippen LogP contribution in [0.3, 0.4) is 0 Å². The Morgan fingerprint density at radius 1 is 1.42 bits per heavy atom. The lowest BCUT2D eigenvalue weighted by Crippen LogP contribution is -2.63. The van der Waals surface area contributed by atoms with E-state index in [-0.39, 0.29) is 11.3 Å². The van der Waals surface area contributed by atoms with E-state index in [4.69, 9.17) is 0 Å². The van der Waals surface area contributed by atoms with Gasteiger partial charge in [-0.1, -0.05) is 20.8 Å². The van der Waals surface area contributed by atoms with Crippen molar-refractivity contribution < 1.29 is 8.42 Å². The molecule has 0 aliphatic carbocycles. The summed E-state index contributed by atoms with van der Waals surface area (Å²) in [6, 6.07) is 0.460. The molecule has 114 valence electrons. The first-order valence-corrected chi connectivity index (χ1v) is 9.38. The zero-order valence-corrected chi connectivity index (χ0v) is 13.9. The Bertz CT molecular complexity index is 381. The zero-order chi connectivity index (χ0) is 14.7. The molecule has 0 spiro atoms. The van der Waals surface area contributed by atoms with Crippen molar-refractivity contribution in [2.45, 2.75) is 52.1 Å². The molecule has 1 aliphatic heterocycles. The van der Waals surface area contributed by atoms with Crippen molar-refractivity contribution in [1.82, 2.24) is 10.2 Å². The van der Waals surface area contributed by atoms with Crippen LogP contribution in [0.4, 0.5) is 0 Å². The van der Waals surface area contributed by atoms with E-state index in [0.717, 1.165) is 25.9 Å². The molecule has 1 N–H and O–H groups in total. The molecule has 0 aromatic heterocycles. The summed E-state index contributed by atoms with van der Waals surface area (Å²) in [5, 5.41) is 3.64. The number of hydrogen-bond acceptors (Lipinski definition) is 4. The third-order valence-electron chi connectivity index (χ3n) is 4.11. The lowest BCUT2D eigenvalue weighted by Gasteiger charge is -2.46. The zero-order valence-electron chi connectivity index (χ0n) is 13.1. The maximum atomic E-state index is 11.4. The van der Waals surface area contributed by atoms with E-state index in [1.165, 1.54) is 6.26 Å². The van der Waals surface area contributed by atoms with Gasteiger partial charge in [-0.15, -0.1) is 0 Å². The highest BCUT2D eigenvalue weighted by Gasteiger charge is 2.34. The fraction of sp³-hybridized carbons (Fsp3) is 1.00. The summed E-state index contributed by atoms with van der Waals surface area (Å²) in [6.07, 6.45) is 3.51. The van der Waals surface area contributed by atoms with E-state index in [0.29, 0.717) is 18.5 Å². The van der Waals surface area contributed by atoms with Crippen LogP contribution in [0.25, 0.3) is 0 Å². The molecule has 0 amide bonds. The standard InChI is InChI=1S/C14H30N2O2S/c1-6-14(4)11-16(7-8-19(5,17)18)13(10-15-14)9-12(2)3/h12-13,15H,6-11H2,1-5H3. The van der Waals surface area contributed by atoms with Crippen LogP contribution in [0.5, 0.6) is 0 Å². The first-order chi connectivity index (χ1) is 8.65. The van der Waals surface area contributed by atoms with Crippen molar-refractivity contribution >= 4 is 9.84 Å². The fourth-order valence-corrected chi connectivity index (χ4v) is 3.25. The van der Waals surface area contributed by atoms with Gasteiger partial charge in [-0.25, -0.2) is 8.42 Å². The molecule has 1 heterocycles. The van der Waals surface area contributed by atoms with Gasteiger partial charge >= 0.3 is 0 Å². The summed E-state index contributed by atoms with van der Waals surface area (Å²) in [5.41, 5.74) is 0.116. The van der Waals surface area contributed by atoms with E-state index in [1.54, 1.807) is 0 Å². The van der Waals surface area contributed by atoms with Gasteiger partial charge in [0.05, 0.1) is 5.75 Å². The first kappa shape index (κ1) is 16.9. The summed E-state index contributed by atoms with van der Waals surface area (Å²) in [7, 11) is -2.88. The highest BCUT2D eigenvalue weighted by atomic mass is 32.2. The summed E-state index contributed by atoms with van der Waals surface area (Å²) >= 11 is 0. The maximum absolute atomic E-state index is 11.4. The van der Waals surface area contributed by atoms with Gasteiger partial charge in [0.15, 0.2) is 0 Å². The summed E-state index contributed by atoms with van der Waals surface area (Å²) in [5.74, 6) is 0.903. The number of rotatable bonds is 6. The van der Waals surface area contributed by atoms with E-state index >= 15 is 0 Å². The number of sulfone groups is 1. The highest BCUT2D eigenvalue weighted by Crippen LogP contribution is 2.22. The minimum atomic E-state index is -2.88. The van der Waals surface area contributed by atoms with Crippen molar-refractivity contribution in [3.8, 4) is 0 Å². The second-order valence-corrected chi connectivity index (χ2v) is 8.94. The second-order valence-electron chi connectivity index (χ2n) is 6.68. The molecule has 1 aliphatic rings.